The number of nitrogens with zero attached hydrogens (tertiary/aromatic N) is 1. The van der Waals surface area contributed by atoms with Gasteiger partial charge in [-0.1, -0.05) is 0 Å². The summed E-state index contributed by atoms with van der Waals surface area (Å²) in [7, 11) is 5.26. The number of ether oxygens (including phenoxy) is 2. The summed E-state index contributed by atoms with van der Waals surface area (Å²) in [5.74, 6) is 1.58. The van der Waals surface area contributed by atoms with Gasteiger partial charge in [-0.15, -0.1) is 0 Å². The van der Waals surface area contributed by atoms with Gasteiger partial charge >= 0.3 is 0 Å². The molecule has 0 bridgehead atoms. The molecule has 0 fully saturated rings. The zero-order valence-electron chi connectivity index (χ0n) is 9.65. The molecule has 3 heteroatoms. The normalized spacial score (nSPS) is 10.2. The standard InChI is InChI=1S/C13H14NO2/c1-14-6-4-5-13(14)10-7-11(15-2)9-12(8-10)16-3/h4-5,7-9H,1-3H3. The Bertz CT molecular complexity index is 466. The van der Waals surface area contributed by atoms with Crippen LogP contribution >= 0.6 is 0 Å². The van der Waals surface area contributed by atoms with Crippen LogP contribution in [0.3, 0.4) is 0 Å². The molecular formula is C13H14NO2. The molecule has 0 unspecified atom stereocenters. The summed E-state index contributed by atoms with van der Waals surface area (Å²) in [4.78, 5) is 0. The SMILES string of the molecule is COc1cc(OC)cc(-c2cc[c]n2C)c1. The Kier molecular flexibility index (Phi) is 2.86. The van der Waals surface area contributed by atoms with Crippen LogP contribution in [0.4, 0.5) is 0 Å². The summed E-state index contributed by atoms with van der Waals surface area (Å²) < 4.78 is 12.4. The lowest BCUT2D eigenvalue weighted by molar-refractivity contribution is 0.394. The number of methoxy groups -OCH3 is 2. The second kappa shape index (κ2) is 4.31. The molecule has 0 saturated heterocycles. The maximum atomic E-state index is 5.24. The maximum absolute atomic E-state index is 5.24. The fourth-order valence-corrected chi connectivity index (χ4v) is 1.65. The van der Waals surface area contributed by atoms with E-state index < -0.39 is 0 Å². The lowest BCUT2D eigenvalue weighted by Gasteiger charge is -2.09. The molecule has 0 amide bonds. The molecule has 16 heavy (non-hydrogen) atoms. The number of hydrogen-bond acceptors (Lipinski definition) is 2. The highest BCUT2D eigenvalue weighted by atomic mass is 16.5. The van der Waals surface area contributed by atoms with Crippen molar-refractivity contribution in [1.29, 1.82) is 0 Å². The first-order valence-electron chi connectivity index (χ1n) is 5.01. The van der Waals surface area contributed by atoms with Crippen molar-refractivity contribution in [1.82, 2.24) is 4.57 Å². The molecule has 1 heterocycles. The summed E-state index contributed by atoms with van der Waals surface area (Å²) in [5.41, 5.74) is 2.14. The van der Waals surface area contributed by atoms with Gasteiger partial charge < -0.3 is 14.0 Å². The molecule has 1 radical (unpaired) electrons. The van der Waals surface area contributed by atoms with E-state index >= 15 is 0 Å². The van der Waals surface area contributed by atoms with Crippen molar-refractivity contribution < 1.29 is 9.47 Å². The molecule has 0 aliphatic heterocycles. The minimum Gasteiger partial charge on any atom is -0.497 e. The minimum atomic E-state index is 0.788. The van der Waals surface area contributed by atoms with E-state index in [0.29, 0.717) is 0 Å². The van der Waals surface area contributed by atoms with E-state index in [1.54, 1.807) is 14.2 Å². The van der Waals surface area contributed by atoms with Crippen LogP contribution in [0, 0.1) is 6.20 Å². The third kappa shape index (κ3) is 1.89. The van der Waals surface area contributed by atoms with Gasteiger partial charge in [0.25, 0.3) is 0 Å². The molecule has 83 valence electrons. The first-order valence-corrected chi connectivity index (χ1v) is 5.01. The van der Waals surface area contributed by atoms with Crippen molar-refractivity contribution in [3.8, 4) is 22.8 Å². The first-order chi connectivity index (χ1) is 7.74. The van der Waals surface area contributed by atoms with Crippen molar-refractivity contribution in [3.05, 3.63) is 36.5 Å². The van der Waals surface area contributed by atoms with E-state index in [-0.39, 0.29) is 0 Å². The van der Waals surface area contributed by atoms with Gasteiger partial charge in [0.05, 0.1) is 20.4 Å². The Labute approximate surface area is 95.2 Å². The van der Waals surface area contributed by atoms with E-state index in [0.717, 1.165) is 22.8 Å². The number of rotatable bonds is 3. The molecule has 1 aromatic heterocycles. The van der Waals surface area contributed by atoms with Crippen LogP contribution in [0.1, 0.15) is 0 Å². The number of benzene rings is 1. The monoisotopic (exact) mass is 216 g/mol. The van der Waals surface area contributed by atoms with E-state index in [1.807, 2.05) is 41.9 Å². The van der Waals surface area contributed by atoms with Crippen molar-refractivity contribution in [3.63, 3.8) is 0 Å². The highest BCUT2D eigenvalue weighted by Gasteiger charge is 2.06. The van der Waals surface area contributed by atoms with Crippen molar-refractivity contribution >= 4 is 0 Å². The molecule has 0 saturated carbocycles. The lowest BCUT2D eigenvalue weighted by atomic mass is 10.1. The Hall–Kier alpha value is -1.90. The third-order valence-electron chi connectivity index (χ3n) is 2.52. The molecule has 0 aliphatic rings. The summed E-state index contributed by atoms with van der Waals surface area (Å²) >= 11 is 0. The van der Waals surface area contributed by atoms with Gasteiger partial charge in [-0.05, 0) is 24.3 Å². The summed E-state index contributed by atoms with van der Waals surface area (Å²) in [6.45, 7) is 0. The minimum absolute atomic E-state index is 0.788. The van der Waals surface area contributed by atoms with Gasteiger partial charge in [-0.3, -0.25) is 0 Å². The van der Waals surface area contributed by atoms with E-state index in [2.05, 4.69) is 6.20 Å². The quantitative estimate of drug-likeness (QED) is 0.787. The summed E-state index contributed by atoms with van der Waals surface area (Å²) in [5, 5.41) is 0. The summed E-state index contributed by atoms with van der Waals surface area (Å²) in [6.07, 6.45) is 3.08. The fourth-order valence-electron chi connectivity index (χ4n) is 1.65. The van der Waals surface area contributed by atoms with Crippen LogP contribution in [0.15, 0.2) is 30.3 Å². The van der Waals surface area contributed by atoms with Gasteiger partial charge in [0.2, 0.25) is 0 Å². The molecule has 1 aromatic carbocycles. The van der Waals surface area contributed by atoms with Gasteiger partial charge in [0.15, 0.2) is 0 Å². The average molecular weight is 216 g/mol. The Morgan fingerprint density at radius 3 is 2.12 bits per heavy atom. The fraction of sp³-hybridized carbons (Fsp3) is 0.231. The molecule has 0 N–H and O–H groups in total. The van der Waals surface area contributed by atoms with Crippen LogP contribution in [-0.4, -0.2) is 18.8 Å². The maximum Gasteiger partial charge on any atom is 0.123 e. The largest absolute Gasteiger partial charge is 0.497 e. The zero-order chi connectivity index (χ0) is 11.5. The Morgan fingerprint density at radius 1 is 1.06 bits per heavy atom. The van der Waals surface area contributed by atoms with Crippen molar-refractivity contribution in [2.45, 2.75) is 0 Å². The van der Waals surface area contributed by atoms with Gasteiger partial charge in [-0.25, -0.2) is 0 Å². The zero-order valence-corrected chi connectivity index (χ0v) is 9.65. The predicted molar refractivity (Wildman–Crippen MR) is 62.8 cm³/mol. The van der Waals surface area contributed by atoms with E-state index in [1.165, 1.54) is 0 Å². The Balaban J connectivity index is 2.52. The molecule has 0 atom stereocenters. The average Bonchev–Trinajstić information content (AvgIpc) is 2.74. The second-order valence-corrected chi connectivity index (χ2v) is 3.51. The molecule has 0 spiro atoms. The van der Waals surface area contributed by atoms with Crippen LogP contribution in [0.2, 0.25) is 0 Å². The second-order valence-electron chi connectivity index (χ2n) is 3.51. The summed E-state index contributed by atoms with van der Waals surface area (Å²) in [6, 6.07) is 9.71. The highest BCUT2D eigenvalue weighted by molar-refractivity contribution is 5.64. The Morgan fingerprint density at radius 2 is 1.69 bits per heavy atom. The van der Waals surface area contributed by atoms with E-state index in [4.69, 9.17) is 9.47 Å². The molecule has 2 aromatic rings. The third-order valence-corrected chi connectivity index (χ3v) is 2.52. The lowest BCUT2D eigenvalue weighted by Crippen LogP contribution is -1.92. The highest BCUT2D eigenvalue weighted by Crippen LogP contribution is 2.29. The molecule has 3 nitrogen and oxygen atoms in total. The van der Waals surface area contributed by atoms with Crippen LogP contribution in [0.5, 0.6) is 11.5 Å². The first kappa shape index (κ1) is 10.6. The number of aryl methyl sites for hydroxylation is 1. The van der Waals surface area contributed by atoms with Crippen LogP contribution in [-0.2, 0) is 7.05 Å². The molecular weight excluding hydrogens is 202 g/mol. The van der Waals surface area contributed by atoms with Crippen LogP contribution in [0.25, 0.3) is 11.3 Å². The van der Waals surface area contributed by atoms with Gasteiger partial charge in [0, 0.05) is 24.4 Å². The predicted octanol–water partition coefficient (Wildman–Crippen LogP) is 2.51. The smallest absolute Gasteiger partial charge is 0.123 e. The van der Waals surface area contributed by atoms with Crippen molar-refractivity contribution in [2.24, 2.45) is 7.05 Å². The van der Waals surface area contributed by atoms with Crippen LogP contribution < -0.4 is 9.47 Å². The van der Waals surface area contributed by atoms with Gasteiger partial charge in [-0.2, -0.15) is 0 Å². The van der Waals surface area contributed by atoms with E-state index in [9.17, 15) is 0 Å². The van der Waals surface area contributed by atoms with Gasteiger partial charge in [0.1, 0.15) is 11.5 Å². The van der Waals surface area contributed by atoms with Crippen molar-refractivity contribution in [2.75, 3.05) is 14.2 Å². The molecule has 2 rings (SSSR count). The molecule has 0 aliphatic carbocycles. The number of aromatic nitrogens is 1. The topological polar surface area (TPSA) is 23.4 Å². The number of hydrogen-bond donors (Lipinski definition) is 0.